The first-order valence-corrected chi connectivity index (χ1v) is 4.80. The SMILES string of the molecule is CC(O)CNC(=O)c1ccc(C(F)(F)F)cn1. The lowest BCUT2D eigenvalue weighted by Gasteiger charge is -2.08. The summed E-state index contributed by atoms with van der Waals surface area (Å²) < 4.78 is 36.6. The number of aliphatic hydroxyl groups is 1. The maximum Gasteiger partial charge on any atom is 0.417 e. The molecule has 0 aliphatic carbocycles. The van der Waals surface area contributed by atoms with Crippen molar-refractivity contribution in [1.29, 1.82) is 0 Å². The quantitative estimate of drug-likeness (QED) is 0.845. The molecular weight excluding hydrogens is 237 g/mol. The van der Waals surface area contributed by atoms with Crippen LogP contribution in [0.1, 0.15) is 23.0 Å². The number of rotatable bonds is 3. The van der Waals surface area contributed by atoms with Gasteiger partial charge >= 0.3 is 6.18 Å². The van der Waals surface area contributed by atoms with E-state index >= 15 is 0 Å². The highest BCUT2D eigenvalue weighted by Gasteiger charge is 2.30. The number of pyridine rings is 1. The average molecular weight is 248 g/mol. The van der Waals surface area contributed by atoms with Gasteiger partial charge in [0.25, 0.3) is 5.91 Å². The van der Waals surface area contributed by atoms with E-state index in [1.54, 1.807) is 0 Å². The summed E-state index contributed by atoms with van der Waals surface area (Å²) in [6.45, 7) is 1.49. The van der Waals surface area contributed by atoms with Gasteiger partial charge < -0.3 is 10.4 Å². The van der Waals surface area contributed by atoms with Gasteiger partial charge in [0.05, 0.1) is 11.7 Å². The first kappa shape index (κ1) is 13.4. The van der Waals surface area contributed by atoms with Crippen molar-refractivity contribution in [2.24, 2.45) is 0 Å². The van der Waals surface area contributed by atoms with Gasteiger partial charge in [-0.25, -0.2) is 0 Å². The summed E-state index contributed by atoms with van der Waals surface area (Å²) in [4.78, 5) is 14.8. The fraction of sp³-hybridized carbons (Fsp3) is 0.400. The standard InChI is InChI=1S/C10H11F3N2O2/c1-6(16)4-15-9(17)8-3-2-7(5-14-8)10(11,12)13/h2-3,5-6,16H,4H2,1H3,(H,15,17). The second kappa shape index (κ2) is 5.13. The van der Waals surface area contributed by atoms with Crippen molar-refractivity contribution in [3.63, 3.8) is 0 Å². The summed E-state index contributed by atoms with van der Waals surface area (Å²) in [5.74, 6) is -0.625. The summed E-state index contributed by atoms with van der Waals surface area (Å²) in [5.41, 5.74) is -1.04. The third-order valence-electron chi connectivity index (χ3n) is 1.88. The number of nitrogens with one attached hydrogen (secondary N) is 1. The first-order valence-electron chi connectivity index (χ1n) is 4.80. The zero-order valence-electron chi connectivity index (χ0n) is 8.95. The molecule has 7 heteroatoms. The van der Waals surface area contributed by atoms with Crippen molar-refractivity contribution in [2.75, 3.05) is 6.54 Å². The molecule has 0 bridgehead atoms. The smallest absolute Gasteiger partial charge is 0.392 e. The minimum absolute atomic E-state index is 0.0154. The molecule has 1 amide bonds. The van der Waals surface area contributed by atoms with Crippen molar-refractivity contribution < 1.29 is 23.1 Å². The van der Waals surface area contributed by atoms with E-state index in [1.165, 1.54) is 6.92 Å². The molecule has 4 nitrogen and oxygen atoms in total. The van der Waals surface area contributed by atoms with Crippen LogP contribution < -0.4 is 5.32 Å². The van der Waals surface area contributed by atoms with E-state index in [-0.39, 0.29) is 12.2 Å². The Morgan fingerprint density at radius 1 is 1.53 bits per heavy atom. The molecule has 0 saturated carbocycles. The van der Waals surface area contributed by atoms with E-state index in [1.807, 2.05) is 0 Å². The fourth-order valence-corrected chi connectivity index (χ4v) is 1.03. The average Bonchev–Trinajstić information content (AvgIpc) is 2.25. The number of hydrogen-bond donors (Lipinski definition) is 2. The summed E-state index contributed by atoms with van der Waals surface area (Å²) >= 11 is 0. The Bertz CT molecular complexity index is 388. The van der Waals surface area contributed by atoms with Gasteiger partial charge in [-0.1, -0.05) is 0 Å². The van der Waals surface area contributed by atoms with Gasteiger partial charge in [0.2, 0.25) is 0 Å². The Kier molecular flexibility index (Phi) is 4.06. The van der Waals surface area contributed by atoms with E-state index in [2.05, 4.69) is 10.3 Å². The highest BCUT2D eigenvalue weighted by molar-refractivity contribution is 5.92. The number of carbonyl (C=O) groups excluding carboxylic acids is 1. The molecule has 1 aromatic rings. The van der Waals surface area contributed by atoms with Crippen LogP contribution in [0.4, 0.5) is 13.2 Å². The molecule has 1 rings (SSSR count). The lowest BCUT2D eigenvalue weighted by atomic mass is 10.2. The van der Waals surface area contributed by atoms with Crippen LogP contribution >= 0.6 is 0 Å². The van der Waals surface area contributed by atoms with Gasteiger partial charge in [-0.2, -0.15) is 13.2 Å². The number of nitrogens with zero attached hydrogens (tertiary/aromatic N) is 1. The zero-order valence-corrected chi connectivity index (χ0v) is 8.95. The number of aliphatic hydroxyl groups excluding tert-OH is 1. The van der Waals surface area contributed by atoms with E-state index in [0.717, 1.165) is 12.1 Å². The van der Waals surface area contributed by atoms with Crippen molar-refractivity contribution in [2.45, 2.75) is 19.2 Å². The van der Waals surface area contributed by atoms with Crippen molar-refractivity contribution >= 4 is 5.91 Å². The molecule has 0 aliphatic heterocycles. The van der Waals surface area contributed by atoms with Crippen LogP contribution in [0.2, 0.25) is 0 Å². The molecule has 0 spiro atoms. The first-order chi connectivity index (χ1) is 7.80. The monoisotopic (exact) mass is 248 g/mol. The van der Waals surface area contributed by atoms with Gasteiger partial charge in [-0.3, -0.25) is 9.78 Å². The van der Waals surface area contributed by atoms with Crippen molar-refractivity contribution in [3.8, 4) is 0 Å². The van der Waals surface area contributed by atoms with E-state index < -0.39 is 23.8 Å². The third kappa shape index (κ3) is 4.03. The third-order valence-corrected chi connectivity index (χ3v) is 1.88. The molecule has 2 N–H and O–H groups in total. The predicted octanol–water partition coefficient (Wildman–Crippen LogP) is 1.21. The molecule has 17 heavy (non-hydrogen) atoms. The molecule has 1 atom stereocenters. The van der Waals surface area contributed by atoms with Gasteiger partial charge in [0.15, 0.2) is 0 Å². The Morgan fingerprint density at radius 3 is 2.59 bits per heavy atom. The number of carbonyl (C=O) groups is 1. The van der Waals surface area contributed by atoms with E-state index in [0.29, 0.717) is 6.20 Å². The van der Waals surface area contributed by atoms with E-state index in [9.17, 15) is 18.0 Å². The van der Waals surface area contributed by atoms with Crippen LogP contribution in [-0.2, 0) is 6.18 Å². The van der Waals surface area contributed by atoms with Crippen LogP contribution in [-0.4, -0.2) is 28.6 Å². The van der Waals surface area contributed by atoms with Crippen LogP contribution in [0.5, 0.6) is 0 Å². The normalized spacial score (nSPS) is 13.2. The zero-order chi connectivity index (χ0) is 13.1. The van der Waals surface area contributed by atoms with Crippen molar-refractivity contribution in [3.05, 3.63) is 29.6 Å². The molecule has 1 aromatic heterocycles. The second-order valence-electron chi connectivity index (χ2n) is 3.49. The van der Waals surface area contributed by atoms with Crippen LogP contribution in [0.15, 0.2) is 18.3 Å². The topological polar surface area (TPSA) is 62.2 Å². The number of alkyl halides is 3. The second-order valence-corrected chi connectivity index (χ2v) is 3.49. The molecule has 94 valence electrons. The number of aromatic nitrogens is 1. The molecule has 0 radical (unpaired) electrons. The van der Waals surface area contributed by atoms with E-state index in [4.69, 9.17) is 5.11 Å². The largest absolute Gasteiger partial charge is 0.417 e. The Morgan fingerprint density at radius 2 is 2.18 bits per heavy atom. The fourth-order valence-electron chi connectivity index (χ4n) is 1.03. The van der Waals surface area contributed by atoms with Gasteiger partial charge in [-0.15, -0.1) is 0 Å². The Balaban J connectivity index is 2.71. The molecule has 0 aliphatic rings. The van der Waals surface area contributed by atoms with Crippen LogP contribution in [0, 0.1) is 0 Å². The Labute approximate surface area is 95.5 Å². The minimum Gasteiger partial charge on any atom is -0.392 e. The Hall–Kier alpha value is -1.63. The summed E-state index contributed by atoms with van der Waals surface area (Å²) in [7, 11) is 0. The summed E-state index contributed by atoms with van der Waals surface area (Å²) in [5, 5.41) is 11.2. The summed E-state index contributed by atoms with van der Waals surface area (Å²) in [6, 6.07) is 1.77. The minimum atomic E-state index is -4.47. The van der Waals surface area contributed by atoms with Crippen LogP contribution in [0.25, 0.3) is 0 Å². The maximum absolute atomic E-state index is 12.2. The number of halogens is 3. The lowest BCUT2D eigenvalue weighted by Crippen LogP contribution is -2.31. The maximum atomic E-state index is 12.2. The lowest BCUT2D eigenvalue weighted by molar-refractivity contribution is -0.137. The molecular formula is C10H11F3N2O2. The number of amides is 1. The van der Waals surface area contributed by atoms with Gasteiger partial charge in [0, 0.05) is 12.7 Å². The molecule has 0 saturated heterocycles. The van der Waals surface area contributed by atoms with Gasteiger partial charge in [-0.05, 0) is 19.1 Å². The highest BCUT2D eigenvalue weighted by Crippen LogP contribution is 2.28. The molecule has 1 unspecified atom stereocenters. The van der Waals surface area contributed by atoms with Gasteiger partial charge in [0.1, 0.15) is 5.69 Å². The molecule has 0 aromatic carbocycles. The number of hydrogen-bond acceptors (Lipinski definition) is 3. The van der Waals surface area contributed by atoms with Crippen LogP contribution in [0.3, 0.4) is 0 Å². The molecule has 0 fully saturated rings. The molecule has 1 heterocycles. The summed E-state index contributed by atoms with van der Waals surface area (Å²) in [6.07, 6.45) is -4.60. The predicted molar refractivity (Wildman–Crippen MR) is 53.3 cm³/mol. The highest BCUT2D eigenvalue weighted by atomic mass is 19.4. The van der Waals surface area contributed by atoms with Crippen molar-refractivity contribution in [1.82, 2.24) is 10.3 Å².